The standard InChI is InChI=1S/C22H21N5O2S/c1-13-2-4-14(5-3-13)15-6-7-16-17(10-15)30-21(24-16)12-20-27-26-19(29-20)11-18(28)25-22(23)8-9-22/h2-7,10H,8-9,11-12,23H2,1H3,(H,25,28). The van der Waals surface area contributed by atoms with E-state index in [-0.39, 0.29) is 18.2 Å². The molecule has 0 aliphatic heterocycles. The van der Waals surface area contributed by atoms with E-state index in [0.717, 1.165) is 33.6 Å². The Balaban J connectivity index is 1.29. The number of amides is 1. The molecule has 5 rings (SSSR count). The molecule has 7 nitrogen and oxygen atoms in total. The Kier molecular flexibility index (Phi) is 4.60. The predicted octanol–water partition coefficient (Wildman–Crippen LogP) is 3.35. The van der Waals surface area contributed by atoms with Gasteiger partial charge >= 0.3 is 0 Å². The lowest BCUT2D eigenvalue weighted by atomic mass is 10.0. The molecule has 1 fully saturated rings. The second-order valence-corrected chi connectivity index (χ2v) is 8.92. The van der Waals surface area contributed by atoms with Crippen LogP contribution in [0.25, 0.3) is 21.3 Å². The molecule has 0 saturated heterocycles. The minimum Gasteiger partial charge on any atom is -0.424 e. The van der Waals surface area contributed by atoms with Crippen molar-refractivity contribution < 1.29 is 9.21 Å². The minimum absolute atomic E-state index is 0.0334. The molecule has 152 valence electrons. The molecule has 8 heteroatoms. The highest BCUT2D eigenvalue weighted by molar-refractivity contribution is 7.18. The maximum atomic E-state index is 12.0. The van der Waals surface area contributed by atoms with Crippen molar-refractivity contribution in [3.8, 4) is 11.1 Å². The number of nitrogens with one attached hydrogen (secondary N) is 1. The number of carbonyl (C=O) groups excluding carboxylic acids is 1. The first-order chi connectivity index (χ1) is 14.5. The third-order valence-corrected chi connectivity index (χ3v) is 6.14. The molecule has 1 saturated carbocycles. The second-order valence-electron chi connectivity index (χ2n) is 7.80. The van der Waals surface area contributed by atoms with E-state index in [1.807, 2.05) is 6.07 Å². The number of rotatable bonds is 6. The third kappa shape index (κ3) is 4.10. The normalized spacial score (nSPS) is 14.7. The van der Waals surface area contributed by atoms with Crippen LogP contribution in [0.15, 0.2) is 46.9 Å². The molecule has 4 aromatic rings. The summed E-state index contributed by atoms with van der Waals surface area (Å²) in [5.74, 6) is 0.535. The SMILES string of the molecule is Cc1ccc(-c2ccc3nc(Cc4nnc(CC(=O)NC5(N)CC5)o4)sc3c2)cc1. The topological polar surface area (TPSA) is 107 Å². The van der Waals surface area contributed by atoms with Crippen LogP contribution in [0.5, 0.6) is 0 Å². The van der Waals surface area contributed by atoms with Crippen molar-refractivity contribution in [2.24, 2.45) is 5.73 Å². The van der Waals surface area contributed by atoms with E-state index in [1.165, 1.54) is 11.1 Å². The van der Waals surface area contributed by atoms with Gasteiger partial charge in [0.1, 0.15) is 11.4 Å². The van der Waals surface area contributed by atoms with Crippen molar-refractivity contribution in [3.63, 3.8) is 0 Å². The van der Waals surface area contributed by atoms with Crippen LogP contribution in [0.2, 0.25) is 0 Å². The van der Waals surface area contributed by atoms with Gasteiger partial charge in [0.05, 0.1) is 22.3 Å². The van der Waals surface area contributed by atoms with Crippen molar-refractivity contribution in [2.45, 2.75) is 38.3 Å². The quantitative estimate of drug-likeness (QED) is 0.464. The first kappa shape index (κ1) is 18.9. The summed E-state index contributed by atoms with van der Waals surface area (Å²) in [6.07, 6.45) is 2.08. The molecule has 2 aromatic heterocycles. The predicted molar refractivity (Wildman–Crippen MR) is 115 cm³/mol. The molecule has 1 aliphatic carbocycles. The molecule has 3 N–H and O–H groups in total. The van der Waals surface area contributed by atoms with Gasteiger partial charge in [-0.15, -0.1) is 21.5 Å². The molecule has 0 atom stereocenters. The van der Waals surface area contributed by atoms with Crippen LogP contribution in [0.3, 0.4) is 0 Å². The molecule has 0 spiro atoms. The number of thiazole rings is 1. The molecular weight excluding hydrogens is 398 g/mol. The van der Waals surface area contributed by atoms with E-state index in [9.17, 15) is 4.79 Å². The fourth-order valence-electron chi connectivity index (χ4n) is 3.25. The van der Waals surface area contributed by atoms with E-state index in [0.29, 0.717) is 12.3 Å². The van der Waals surface area contributed by atoms with Crippen LogP contribution in [-0.4, -0.2) is 26.8 Å². The van der Waals surface area contributed by atoms with Gasteiger partial charge in [0, 0.05) is 0 Å². The van der Waals surface area contributed by atoms with Crippen LogP contribution in [-0.2, 0) is 17.6 Å². The lowest BCUT2D eigenvalue weighted by Crippen LogP contribution is -2.44. The second kappa shape index (κ2) is 7.30. The van der Waals surface area contributed by atoms with Crippen LogP contribution in [0.1, 0.15) is 35.2 Å². The summed E-state index contributed by atoms with van der Waals surface area (Å²) in [7, 11) is 0. The summed E-state index contributed by atoms with van der Waals surface area (Å²) in [6, 6.07) is 14.8. The zero-order chi connectivity index (χ0) is 20.7. The Morgan fingerprint density at radius 3 is 2.63 bits per heavy atom. The highest BCUT2D eigenvalue weighted by Gasteiger charge is 2.39. The van der Waals surface area contributed by atoms with E-state index >= 15 is 0 Å². The number of benzene rings is 2. The molecule has 0 radical (unpaired) electrons. The molecule has 0 unspecified atom stereocenters. The van der Waals surface area contributed by atoms with Gasteiger partial charge < -0.3 is 15.5 Å². The zero-order valence-electron chi connectivity index (χ0n) is 16.5. The van der Waals surface area contributed by atoms with Gasteiger partial charge in [0.15, 0.2) is 0 Å². The largest absolute Gasteiger partial charge is 0.424 e. The Bertz CT molecular complexity index is 1220. The average molecular weight is 420 g/mol. The van der Waals surface area contributed by atoms with Crippen LogP contribution in [0, 0.1) is 6.92 Å². The average Bonchev–Trinajstić information content (AvgIpc) is 3.10. The smallest absolute Gasteiger partial charge is 0.230 e. The Hall–Kier alpha value is -3.10. The van der Waals surface area contributed by atoms with Crippen molar-refractivity contribution in [3.05, 3.63) is 64.8 Å². The van der Waals surface area contributed by atoms with Crippen molar-refractivity contribution in [1.82, 2.24) is 20.5 Å². The number of hydrogen-bond acceptors (Lipinski definition) is 7. The van der Waals surface area contributed by atoms with Gasteiger partial charge in [0.25, 0.3) is 0 Å². The lowest BCUT2D eigenvalue weighted by molar-refractivity contribution is -0.121. The third-order valence-electron chi connectivity index (χ3n) is 5.12. The Morgan fingerprint density at radius 1 is 1.13 bits per heavy atom. The molecule has 2 heterocycles. The van der Waals surface area contributed by atoms with Gasteiger partial charge in [-0.25, -0.2) is 4.98 Å². The van der Waals surface area contributed by atoms with Crippen molar-refractivity contribution in [2.75, 3.05) is 0 Å². The monoisotopic (exact) mass is 419 g/mol. The van der Waals surface area contributed by atoms with E-state index in [4.69, 9.17) is 10.2 Å². The van der Waals surface area contributed by atoms with Crippen molar-refractivity contribution >= 4 is 27.5 Å². The fraction of sp³-hybridized carbons (Fsp3) is 0.273. The first-order valence-corrected chi connectivity index (χ1v) is 10.7. The van der Waals surface area contributed by atoms with E-state index in [1.54, 1.807) is 11.3 Å². The number of fused-ring (bicyclic) bond motifs is 1. The van der Waals surface area contributed by atoms with Gasteiger partial charge in [-0.05, 0) is 43.0 Å². The van der Waals surface area contributed by atoms with Crippen LogP contribution in [0.4, 0.5) is 0 Å². The van der Waals surface area contributed by atoms with E-state index < -0.39 is 5.66 Å². The van der Waals surface area contributed by atoms with Gasteiger partial charge in [-0.1, -0.05) is 35.9 Å². The van der Waals surface area contributed by atoms with Crippen LogP contribution < -0.4 is 11.1 Å². The zero-order valence-corrected chi connectivity index (χ0v) is 17.3. The maximum absolute atomic E-state index is 12.0. The van der Waals surface area contributed by atoms with Crippen LogP contribution >= 0.6 is 11.3 Å². The number of hydrogen-bond donors (Lipinski definition) is 2. The Morgan fingerprint density at radius 2 is 1.87 bits per heavy atom. The van der Waals surface area contributed by atoms with Gasteiger partial charge in [0.2, 0.25) is 17.7 Å². The summed E-state index contributed by atoms with van der Waals surface area (Å²) in [5, 5.41) is 11.7. The number of aryl methyl sites for hydroxylation is 1. The maximum Gasteiger partial charge on any atom is 0.230 e. The van der Waals surface area contributed by atoms with Gasteiger partial charge in [-0.3, -0.25) is 4.79 Å². The summed E-state index contributed by atoms with van der Waals surface area (Å²) < 4.78 is 6.75. The summed E-state index contributed by atoms with van der Waals surface area (Å²) >= 11 is 1.61. The molecule has 1 aliphatic rings. The lowest BCUT2D eigenvalue weighted by Gasteiger charge is -2.09. The molecular formula is C22H21N5O2S. The van der Waals surface area contributed by atoms with Crippen molar-refractivity contribution in [1.29, 1.82) is 0 Å². The number of aromatic nitrogens is 3. The number of carbonyl (C=O) groups is 1. The summed E-state index contributed by atoms with van der Waals surface area (Å²) in [5.41, 5.74) is 9.89. The highest BCUT2D eigenvalue weighted by atomic mass is 32.1. The van der Waals surface area contributed by atoms with E-state index in [2.05, 4.69) is 63.8 Å². The number of nitrogens with two attached hydrogens (primary N) is 1. The summed E-state index contributed by atoms with van der Waals surface area (Å²) in [6.45, 7) is 2.08. The molecule has 30 heavy (non-hydrogen) atoms. The first-order valence-electron chi connectivity index (χ1n) is 9.83. The number of nitrogens with zero attached hydrogens (tertiary/aromatic N) is 3. The minimum atomic E-state index is -0.543. The Labute approximate surface area is 177 Å². The fourth-order valence-corrected chi connectivity index (χ4v) is 4.25. The molecule has 1 amide bonds. The summed E-state index contributed by atoms with van der Waals surface area (Å²) in [4.78, 5) is 16.7. The van der Waals surface area contributed by atoms with Gasteiger partial charge in [-0.2, -0.15) is 0 Å². The highest BCUT2D eigenvalue weighted by Crippen LogP contribution is 2.30. The molecule has 2 aromatic carbocycles. The molecule has 0 bridgehead atoms.